The average Bonchev–Trinajstić information content (AvgIpc) is 3.15. The van der Waals surface area contributed by atoms with E-state index in [2.05, 4.69) is 29.7 Å². The minimum absolute atomic E-state index is 0.279. The third-order valence-corrected chi connectivity index (χ3v) is 6.65. The van der Waals surface area contributed by atoms with Crippen LogP contribution in [0.25, 0.3) is 11.2 Å². The number of imidazole rings is 1. The van der Waals surface area contributed by atoms with E-state index in [1.165, 1.54) is 27.4 Å². The van der Waals surface area contributed by atoms with Gasteiger partial charge in [0.05, 0.1) is 6.54 Å². The Kier molecular flexibility index (Phi) is 6.44. The molecule has 1 aliphatic rings. The van der Waals surface area contributed by atoms with Crippen LogP contribution in [0.5, 0.6) is 0 Å². The van der Waals surface area contributed by atoms with Crippen molar-refractivity contribution in [2.24, 2.45) is 14.1 Å². The Morgan fingerprint density at radius 3 is 2.47 bits per heavy atom. The molecule has 1 fully saturated rings. The SMILES string of the molecule is CCCCn1c(CN2CCN(c3cc(Cl)ccc3C)CC2)nc2c1c(=O)n(C)c(=O)n2C. The topological polar surface area (TPSA) is 68.3 Å². The molecule has 0 aliphatic carbocycles. The molecule has 0 unspecified atom stereocenters. The van der Waals surface area contributed by atoms with Gasteiger partial charge in [0, 0.05) is 57.5 Å². The number of aromatic nitrogens is 4. The van der Waals surface area contributed by atoms with E-state index in [1.807, 2.05) is 16.7 Å². The van der Waals surface area contributed by atoms with Crippen molar-refractivity contribution >= 4 is 28.5 Å². The van der Waals surface area contributed by atoms with Gasteiger partial charge in [0.15, 0.2) is 11.2 Å². The Morgan fingerprint density at radius 2 is 1.78 bits per heavy atom. The number of halogens is 1. The van der Waals surface area contributed by atoms with Crippen LogP contribution < -0.4 is 16.1 Å². The summed E-state index contributed by atoms with van der Waals surface area (Å²) in [7, 11) is 3.20. The summed E-state index contributed by atoms with van der Waals surface area (Å²) in [6, 6.07) is 6.02. The van der Waals surface area contributed by atoms with Crippen molar-refractivity contribution in [3.8, 4) is 0 Å². The smallest absolute Gasteiger partial charge is 0.332 e. The molecule has 8 nitrogen and oxygen atoms in total. The van der Waals surface area contributed by atoms with Crippen molar-refractivity contribution in [1.82, 2.24) is 23.6 Å². The summed E-state index contributed by atoms with van der Waals surface area (Å²) >= 11 is 6.22. The first-order chi connectivity index (χ1) is 15.3. The third-order valence-electron chi connectivity index (χ3n) is 6.41. The first-order valence-corrected chi connectivity index (χ1v) is 11.6. The summed E-state index contributed by atoms with van der Waals surface area (Å²) in [4.78, 5) is 34.8. The molecule has 1 aliphatic heterocycles. The van der Waals surface area contributed by atoms with Gasteiger partial charge in [0.25, 0.3) is 5.56 Å². The Labute approximate surface area is 192 Å². The molecule has 0 atom stereocenters. The molecule has 3 heterocycles. The van der Waals surface area contributed by atoms with Gasteiger partial charge >= 0.3 is 5.69 Å². The van der Waals surface area contributed by atoms with Crippen LogP contribution in [0.3, 0.4) is 0 Å². The zero-order chi connectivity index (χ0) is 23.0. The number of nitrogens with zero attached hydrogens (tertiary/aromatic N) is 6. The number of fused-ring (bicyclic) bond motifs is 1. The summed E-state index contributed by atoms with van der Waals surface area (Å²) in [6.07, 6.45) is 1.97. The van der Waals surface area contributed by atoms with Gasteiger partial charge in [-0.2, -0.15) is 0 Å². The standard InChI is InChI=1S/C23H31ClN6O2/c1-5-6-9-30-19(25-21-20(30)22(31)27(4)23(32)26(21)3)15-28-10-12-29(13-11-28)18-14-17(24)8-7-16(18)2/h7-8,14H,5-6,9-13,15H2,1-4H3. The van der Waals surface area contributed by atoms with E-state index in [-0.39, 0.29) is 11.2 Å². The van der Waals surface area contributed by atoms with Gasteiger partial charge in [-0.05, 0) is 31.0 Å². The second-order valence-electron chi connectivity index (χ2n) is 8.61. The van der Waals surface area contributed by atoms with Crippen LogP contribution >= 0.6 is 11.6 Å². The maximum Gasteiger partial charge on any atom is 0.332 e. The largest absolute Gasteiger partial charge is 0.369 e. The number of anilines is 1. The zero-order valence-corrected chi connectivity index (χ0v) is 20.0. The van der Waals surface area contributed by atoms with Gasteiger partial charge in [0.2, 0.25) is 0 Å². The van der Waals surface area contributed by atoms with E-state index >= 15 is 0 Å². The highest BCUT2D eigenvalue weighted by Gasteiger charge is 2.23. The maximum atomic E-state index is 12.9. The van der Waals surface area contributed by atoms with Crippen molar-refractivity contribution < 1.29 is 0 Å². The predicted octanol–water partition coefficient (Wildman–Crippen LogP) is 2.52. The molecule has 0 saturated carbocycles. The lowest BCUT2D eigenvalue weighted by Gasteiger charge is -2.36. The van der Waals surface area contributed by atoms with Gasteiger partial charge in [-0.15, -0.1) is 0 Å². The molecule has 3 aromatic rings. The van der Waals surface area contributed by atoms with E-state index in [9.17, 15) is 9.59 Å². The Balaban J connectivity index is 1.60. The number of benzene rings is 1. The summed E-state index contributed by atoms with van der Waals surface area (Å²) in [5, 5.41) is 0.755. The van der Waals surface area contributed by atoms with Crippen molar-refractivity contribution in [1.29, 1.82) is 0 Å². The normalized spacial score (nSPS) is 15.1. The van der Waals surface area contributed by atoms with Crippen molar-refractivity contribution in [2.75, 3.05) is 31.1 Å². The van der Waals surface area contributed by atoms with E-state index in [0.717, 1.165) is 56.4 Å². The first-order valence-electron chi connectivity index (χ1n) is 11.2. The predicted molar refractivity (Wildman–Crippen MR) is 129 cm³/mol. The lowest BCUT2D eigenvalue weighted by atomic mass is 10.1. The van der Waals surface area contributed by atoms with Gasteiger partial charge in [-0.25, -0.2) is 9.78 Å². The number of rotatable bonds is 6. The second kappa shape index (κ2) is 9.11. The lowest BCUT2D eigenvalue weighted by Crippen LogP contribution is -2.46. The van der Waals surface area contributed by atoms with Crippen LogP contribution in [0.1, 0.15) is 31.2 Å². The minimum Gasteiger partial charge on any atom is -0.369 e. The summed E-state index contributed by atoms with van der Waals surface area (Å²) in [6.45, 7) is 9.19. The molecule has 0 radical (unpaired) electrons. The highest BCUT2D eigenvalue weighted by atomic mass is 35.5. The van der Waals surface area contributed by atoms with E-state index < -0.39 is 0 Å². The van der Waals surface area contributed by atoms with Crippen LogP contribution in [-0.2, 0) is 27.2 Å². The van der Waals surface area contributed by atoms with Crippen LogP contribution in [0.4, 0.5) is 5.69 Å². The van der Waals surface area contributed by atoms with Gasteiger partial charge in [-0.3, -0.25) is 18.8 Å². The van der Waals surface area contributed by atoms with Crippen LogP contribution in [-0.4, -0.2) is 49.8 Å². The lowest BCUT2D eigenvalue weighted by molar-refractivity contribution is 0.240. The molecule has 4 rings (SSSR count). The van der Waals surface area contributed by atoms with Crippen molar-refractivity contribution in [3.05, 3.63) is 55.4 Å². The van der Waals surface area contributed by atoms with Gasteiger partial charge < -0.3 is 9.47 Å². The van der Waals surface area contributed by atoms with Gasteiger partial charge in [-0.1, -0.05) is 31.0 Å². The molecule has 1 saturated heterocycles. The number of aryl methyl sites for hydroxylation is 3. The van der Waals surface area contributed by atoms with Crippen LogP contribution in [0, 0.1) is 6.92 Å². The second-order valence-corrected chi connectivity index (χ2v) is 9.04. The Morgan fingerprint density at radius 1 is 1.06 bits per heavy atom. The fourth-order valence-corrected chi connectivity index (χ4v) is 4.61. The molecule has 0 amide bonds. The number of unbranched alkanes of at least 4 members (excludes halogenated alkanes) is 1. The van der Waals surface area contributed by atoms with Crippen LogP contribution in [0.2, 0.25) is 5.02 Å². The molecular weight excluding hydrogens is 428 g/mol. The molecule has 2 aromatic heterocycles. The number of piperazine rings is 1. The number of hydrogen-bond acceptors (Lipinski definition) is 5. The summed E-state index contributed by atoms with van der Waals surface area (Å²) < 4.78 is 4.67. The van der Waals surface area contributed by atoms with Crippen LogP contribution in [0.15, 0.2) is 27.8 Å². The Bertz CT molecular complexity index is 1250. The summed E-state index contributed by atoms with van der Waals surface area (Å²) in [5.41, 5.74) is 2.77. The molecule has 1 aromatic carbocycles. The highest BCUT2D eigenvalue weighted by molar-refractivity contribution is 6.30. The fourth-order valence-electron chi connectivity index (χ4n) is 4.44. The summed E-state index contributed by atoms with van der Waals surface area (Å²) in [5.74, 6) is 0.846. The van der Waals surface area contributed by atoms with E-state index in [4.69, 9.17) is 16.6 Å². The third kappa shape index (κ3) is 4.09. The quantitative estimate of drug-likeness (QED) is 0.567. The van der Waals surface area contributed by atoms with Crippen molar-refractivity contribution in [2.45, 2.75) is 39.8 Å². The zero-order valence-electron chi connectivity index (χ0n) is 19.3. The molecule has 32 heavy (non-hydrogen) atoms. The van der Waals surface area contributed by atoms with E-state index in [1.54, 1.807) is 7.05 Å². The maximum absolute atomic E-state index is 12.9. The highest BCUT2D eigenvalue weighted by Crippen LogP contribution is 2.25. The first kappa shape index (κ1) is 22.6. The number of hydrogen-bond donors (Lipinski definition) is 0. The fraction of sp³-hybridized carbons (Fsp3) is 0.522. The molecule has 9 heteroatoms. The molecule has 0 spiro atoms. The van der Waals surface area contributed by atoms with Gasteiger partial charge in [0.1, 0.15) is 5.82 Å². The molecule has 0 N–H and O–H groups in total. The minimum atomic E-state index is -0.348. The van der Waals surface area contributed by atoms with E-state index in [0.29, 0.717) is 17.7 Å². The molecule has 172 valence electrons. The average molecular weight is 459 g/mol. The Hall–Kier alpha value is -2.58. The molecular formula is C23H31ClN6O2. The molecule has 0 bridgehead atoms. The van der Waals surface area contributed by atoms with Crippen molar-refractivity contribution in [3.63, 3.8) is 0 Å². The monoisotopic (exact) mass is 458 g/mol.